The van der Waals surface area contributed by atoms with Gasteiger partial charge in [-0.1, -0.05) is 41.4 Å². The molecule has 0 aliphatic heterocycles. The topological polar surface area (TPSA) is 51.2 Å². The second-order valence-corrected chi connectivity index (χ2v) is 6.36. The number of carbonyl (C=O) groups excluding carboxylic acids is 1. The SMILES string of the molecule is CC(NC(=O)COc1ccc(Cl)c2cccnc12)c1ccccc1Cl. The zero-order valence-electron chi connectivity index (χ0n) is 13.5. The lowest BCUT2D eigenvalue weighted by Crippen LogP contribution is -2.31. The van der Waals surface area contributed by atoms with Gasteiger partial charge in [0.2, 0.25) is 0 Å². The molecule has 0 spiro atoms. The predicted molar refractivity (Wildman–Crippen MR) is 100 cm³/mol. The molecule has 0 radical (unpaired) electrons. The Morgan fingerprint density at radius 2 is 1.92 bits per heavy atom. The molecule has 0 aliphatic rings. The molecule has 1 aromatic heterocycles. The molecular formula is C19H16Cl2N2O2. The van der Waals surface area contributed by atoms with Gasteiger partial charge in [0, 0.05) is 16.6 Å². The first-order chi connectivity index (χ1) is 12.1. The number of rotatable bonds is 5. The predicted octanol–water partition coefficient (Wildman–Crippen LogP) is 4.80. The van der Waals surface area contributed by atoms with Crippen LogP contribution in [0.15, 0.2) is 54.7 Å². The fourth-order valence-electron chi connectivity index (χ4n) is 2.56. The van der Waals surface area contributed by atoms with Crippen molar-refractivity contribution in [2.45, 2.75) is 13.0 Å². The van der Waals surface area contributed by atoms with Crippen LogP contribution >= 0.6 is 23.2 Å². The van der Waals surface area contributed by atoms with Crippen molar-refractivity contribution < 1.29 is 9.53 Å². The Hall–Kier alpha value is -2.30. The lowest BCUT2D eigenvalue weighted by Gasteiger charge is -2.16. The third-order valence-electron chi connectivity index (χ3n) is 3.79. The molecule has 0 aliphatic carbocycles. The lowest BCUT2D eigenvalue weighted by molar-refractivity contribution is -0.123. The Morgan fingerprint density at radius 1 is 1.12 bits per heavy atom. The monoisotopic (exact) mass is 374 g/mol. The van der Waals surface area contributed by atoms with Gasteiger partial charge in [-0.25, -0.2) is 0 Å². The molecule has 2 aromatic carbocycles. The number of pyridine rings is 1. The average Bonchev–Trinajstić information content (AvgIpc) is 2.61. The molecule has 0 saturated carbocycles. The van der Waals surface area contributed by atoms with Crippen LogP contribution in [0.3, 0.4) is 0 Å². The number of hydrogen-bond donors (Lipinski definition) is 1. The summed E-state index contributed by atoms with van der Waals surface area (Å²) in [6, 6.07) is 14.3. The van der Waals surface area contributed by atoms with Crippen LogP contribution in [0.2, 0.25) is 10.0 Å². The van der Waals surface area contributed by atoms with E-state index in [0.717, 1.165) is 10.9 Å². The third kappa shape index (κ3) is 4.03. The van der Waals surface area contributed by atoms with E-state index in [1.165, 1.54) is 0 Å². The molecule has 3 rings (SSSR count). The van der Waals surface area contributed by atoms with Gasteiger partial charge in [-0.15, -0.1) is 0 Å². The van der Waals surface area contributed by atoms with Crippen molar-refractivity contribution in [1.29, 1.82) is 0 Å². The average molecular weight is 375 g/mol. The number of nitrogens with one attached hydrogen (secondary N) is 1. The molecule has 128 valence electrons. The van der Waals surface area contributed by atoms with E-state index in [9.17, 15) is 4.79 Å². The quantitative estimate of drug-likeness (QED) is 0.697. The first kappa shape index (κ1) is 17.5. The number of amides is 1. The van der Waals surface area contributed by atoms with Crippen LogP contribution in [0.4, 0.5) is 0 Å². The number of ether oxygens (including phenoxy) is 1. The van der Waals surface area contributed by atoms with E-state index in [1.807, 2.05) is 31.2 Å². The minimum atomic E-state index is -0.244. The Morgan fingerprint density at radius 3 is 2.72 bits per heavy atom. The molecule has 1 heterocycles. The second-order valence-electron chi connectivity index (χ2n) is 5.54. The zero-order chi connectivity index (χ0) is 17.8. The van der Waals surface area contributed by atoms with Crippen LogP contribution < -0.4 is 10.1 Å². The highest BCUT2D eigenvalue weighted by Crippen LogP contribution is 2.29. The highest BCUT2D eigenvalue weighted by Gasteiger charge is 2.14. The van der Waals surface area contributed by atoms with Gasteiger partial charge in [-0.3, -0.25) is 9.78 Å². The molecule has 3 aromatic rings. The summed E-state index contributed by atoms with van der Waals surface area (Å²) in [6.07, 6.45) is 1.66. The van der Waals surface area contributed by atoms with Gasteiger partial charge in [0.05, 0.1) is 11.1 Å². The Bertz CT molecular complexity index is 915. The van der Waals surface area contributed by atoms with Gasteiger partial charge in [-0.2, -0.15) is 0 Å². The molecule has 4 nitrogen and oxygen atoms in total. The standard InChI is InChI=1S/C19H16Cl2N2O2/c1-12(13-5-2-3-7-15(13)20)23-18(24)11-25-17-9-8-16(21)14-6-4-10-22-19(14)17/h2-10,12H,11H2,1H3,(H,23,24). The minimum absolute atomic E-state index is 0.123. The summed E-state index contributed by atoms with van der Waals surface area (Å²) < 4.78 is 5.64. The highest BCUT2D eigenvalue weighted by atomic mass is 35.5. The maximum atomic E-state index is 12.2. The van der Waals surface area contributed by atoms with E-state index in [-0.39, 0.29) is 18.6 Å². The molecule has 1 N–H and O–H groups in total. The van der Waals surface area contributed by atoms with Crippen molar-refractivity contribution in [2.24, 2.45) is 0 Å². The molecule has 25 heavy (non-hydrogen) atoms. The highest BCUT2D eigenvalue weighted by molar-refractivity contribution is 6.35. The van der Waals surface area contributed by atoms with E-state index < -0.39 is 0 Å². The van der Waals surface area contributed by atoms with E-state index in [1.54, 1.807) is 30.5 Å². The van der Waals surface area contributed by atoms with Crippen molar-refractivity contribution in [3.8, 4) is 5.75 Å². The summed E-state index contributed by atoms with van der Waals surface area (Å²) in [5.41, 5.74) is 1.48. The number of fused-ring (bicyclic) bond motifs is 1. The molecule has 1 unspecified atom stereocenters. The first-order valence-electron chi connectivity index (χ1n) is 7.76. The smallest absolute Gasteiger partial charge is 0.258 e. The number of aromatic nitrogens is 1. The number of carbonyl (C=O) groups is 1. The maximum absolute atomic E-state index is 12.2. The molecule has 0 bridgehead atoms. The maximum Gasteiger partial charge on any atom is 0.258 e. The van der Waals surface area contributed by atoms with Crippen molar-refractivity contribution in [1.82, 2.24) is 10.3 Å². The van der Waals surface area contributed by atoms with E-state index in [0.29, 0.717) is 21.3 Å². The number of halogens is 2. The van der Waals surface area contributed by atoms with E-state index in [4.69, 9.17) is 27.9 Å². The molecule has 0 saturated heterocycles. The van der Waals surface area contributed by atoms with Gasteiger partial charge >= 0.3 is 0 Å². The van der Waals surface area contributed by atoms with E-state index in [2.05, 4.69) is 10.3 Å². The van der Waals surface area contributed by atoms with Crippen LogP contribution in [0.25, 0.3) is 10.9 Å². The van der Waals surface area contributed by atoms with Gasteiger partial charge in [0.1, 0.15) is 11.3 Å². The van der Waals surface area contributed by atoms with Gasteiger partial charge < -0.3 is 10.1 Å². The summed E-state index contributed by atoms with van der Waals surface area (Å²) in [4.78, 5) is 16.5. The normalized spacial score (nSPS) is 12.0. The molecular weight excluding hydrogens is 359 g/mol. The summed E-state index contributed by atoms with van der Waals surface area (Å²) in [6.45, 7) is 1.75. The number of hydrogen-bond acceptors (Lipinski definition) is 3. The summed E-state index contributed by atoms with van der Waals surface area (Å²) in [5.74, 6) is 0.270. The Balaban J connectivity index is 1.67. The van der Waals surface area contributed by atoms with Crippen molar-refractivity contribution >= 4 is 40.0 Å². The van der Waals surface area contributed by atoms with E-state index >= 15 is 0 Å². The van der Waals surface area contributed by atoms with Crippen molar-refractivity contribution in [2.75, 3.05) is 6.61 Å². The van der Waals surface area contributed by atoms with Crippen LogP contribution in [0, 0.1) is 0 Å². The first-order valence-corrected chi connectivity index (χ1v) is 8.51. The second kappa shape index (κ2) is 7.72. The largest absolute Gasteiger partial charge is 0.481 e. The summed E-state index contributed by atoms with van der Waals surface area (Å²) in [5, 5.41) is 4.86. The Labute approximate surface area is 155 Å². The number of benzene rings is 2. The summed E-state index contributed by atoms with van der Waals surface area (Å²) >= 11 is 12.3. The number of nitrogens with zero attached hydrogens (tertiary/aromatic N) is 1. The van der Waals surface area contributed by atoms with Gasteiger partial charge in [0.15, 0.2) is 6.61 Å². The molecule has 1 atom stereocenters. The van der Waals surface area contributed by atoms with Gasteiger partial charge in [0.25, 0.3) is 5.91 Å². The van der Waals surface area contributed by atoms with Crippen LogP contribution in [-0.4, -0.2) is 17.5 Å². The summed E-state index contributed by atoms with van der Waals surface area (Å²) in [7, 11) is 0. The van der Waals surface area contributed by atoms with Crippen molar-refractivity contribution in [3.05, 3.63) is 70.3 Å². The fourth-order valence-corrected chi connectivity index (χ4v) is 3.07. The third-order valence-corrected chi connectivity index (χ3v) is 4.46. The molecule has 0 fully saturated rings. The minimum Gasteiger partial charge on any atom is -0.481 e. The van der Waals surface area contributed by atoms with Gasteiger partial charge in [-0.05, 0) is 42.8 Å². The lowest BCUT2D eigenvalue weighted by atomic mass is 10.1. The van der Waals surface area contributed by atoms with Crippen LogP contribution in [0.5, 0.6) is 5.75 Å². The van der Waals surface area contributed by atoms with Crippen LogP contribution in [0.1, 0.15) is 18.5 Å². The molecule has 1 amide bonds. The zero-order valence-corrected chi connectivity index (χ0v) is 15.0. The van der Waals surface area contributed by atoms with Crippen LogP contribution in [-0.2, 0) is 4.79 Å². The fraction of sp³-hybridized carbons (Fsp3) is 0.158. The Kier molecular flexibility index (Phi) is 5.41. The van der Waals surface area contributed by atoms with Crippen molar-refractivity contribution in [3.63, 3.8) is 0 Å². The molecule has 6 heteroatoms.